The maximum Gasteiger partial charge on any atom is 0.306 e. The van der Waals surface area contributed by atoms with Crippen LogP contribution in [-0.4, -0.2) is 41.9 Å². The second-order valence-corrected chi connectivity index (χ2v) is 5.34. The van der Waals surface area contributed by atoms with Gasteiger partial charge < -0.3 is 14.7 Å². The summed E-state index contributed by atoms with van der Waals surface area (Å²) in [5, 5.41) is 10.0. The molecule has 1 atom stereocenters. The summed E-state index contributed by atoms with van der Waals surface area (Å²) in [5.41, 5.74) is 3.04. The third-order valence-electron chi connectivity index (χ3n) is 3.70. The molecule has 0 bridgehead atoms. The van der Waals surface area contributed by atoms with E-state index in [0.717, 1.165) is 28.8 Å². The lowest BCUT2D eigenvalue weighted by molar-refractivity contribution is -0.140. The number of morpholine rings is 1. The van der Waals surface area contributed by atoms with E-state index >= 15 is 0 Å². The first-order chi connectivity index (χ1) is 10.1. The van der Waals surface area contributed by atoms with Crippen LogP contribution in [0.25, 0.3) is 10.9 Å². The van der Waals surface area contributed by atoms with Gasteiger partial charge in [-0.2, -0.15) is 0 Å². The van der Waals surface area contributed by atoms with E-state index in [0.29, 0.717) is 13.2 Å². The second-order valence-electron chi connectivity index (χ2n) is 5.34. The Bertz CT molecular complexity index is 672. The molecule has 110 valence electrons. The Morgan fingerprint density at radius 2 is 2.29 bits per heavy atom. The molecule has 1 aromatic carbocycles. The van der Waals surface area contributed by atoms with Crippen LogP contribution in [0, 0.1) is 6.92 Å². The molecule has 1 fully saturated rings. The first-order valence-electron chi connectivity index (χ1n) is 7.08. The molecule has 1 aliphatic rings. The number of pyridine rings is 1. The number of ether oxygens (including phenoxy) is 1. The van der Waals surface area contributed by atoms with Gasteiger partial charge in [-0.05, 0) is 19.1 Å². The van der Waals surface area contributed by atoms with Crippen LogP contribution >= 0.6 is 0 Å². The molecule has 0 spiro atoms. The molecule has 5 heteroatoms. The van der Waals surface area contributed by atoms with Crippen LogP contribution in [0.15, 0.2) is 30.3 Å². The number of hydrogen-bond donors (Lipinski definition) is 1. The lowest BCUT2D eigenvalue weighted by atomic mass is 10.1. The number of carboxylic acid groups (broad SMARTS) is 1. The molecule has 0 radical (unpaired) electrons. The van der Waals surface area contributed by atoms with Gasteiger partial charge in [0.1, 0.15) is 0 Å². The first-order valence-corrected chi connectivity index (χ1v) is 7.08. The van der Waals surface area contributed by atoms with E-state index in [4.69, 9.17) is 9.84 Å². The Kier molecular flexibility index (Phi) is 3.75. The molecule has 2 heterocycles. The van der Waals surface area contributed by atoms with Crippen molar-refractivity contribution in [3.63, 3.8) is 0 Å². The molecule has 1 unspecified atom stereocenters. The van der Waals surface area contributed by atoms with E-state index in [-0.39, 0.29) is 12.5 Å². The average Bonchev–Trinajstić information content (AvgIpc) is 2.46. The summed E-state index contributed by atoms with van der Waals surface area (Å²) in [7, 11) is 0. The van der Waals surface area contributed by atoms with Gasteiger partial charge in [-0.1, -0.05) is 18.2 Å². The molecule has 1 aromatic heterocycles. The number of aryl methyl sites for hydroxylation is 1. The van der Waals surface area contributed by atoms with Gasteiger partial charge in [-0.15, -0.1) is 0 Å². The van der Waals surface area contributed by atoms with E-state index in [1.54, 1.807) is 0 Å². The predicted molar refractivity (Wildman–Crippen MR) is 80.7 cm³/mol. The number of benzene rings is 1. The zero-order chi connectivity index (χ0) is 14.8. The van der Waals surface area contributed by atoms with Gasteiger partial charge in [-0.25, -0.2) is 0 Å². The van der Waals surface area contributed by atoms with Gasteiger partial charge in [0.05, 0.1) is 24.6 Å². The number of carbonyl (C=O) groups is 1. The highest BCUT2D eigenvalue weighted by Gasteiger charge is 2.24. The molecule has 0 amide bonds. The van der Waals surface area contributed by atoms with Crippen LogP contribution in [0.4, 0.5) is 5.69 Å². The Morgan fingerprint density at radius 3 is 3.10 bits per heavy atom. The number of rotatable bonds is 3. The SMILES string of the molecule is Cc1cc(N2CCOC(CC(=O)O)C2)c2ccccc2n1. The Labute approximate surface area is 123 Å². The van der Waals surface area contributed by atoms with Gasteiger partial charge in [0.15, 0.2) is 0 Å². The quantitative estimate of drug-likeness (QED) is 0.937. The zero-order valence-corrected chi connectivity index (χ0v) is 12.0. The van der Waals surface area contributed by atoms with Crippen LogP contribution in [0.5, 0.6) is 0 Å². The first kappa shape index (κ1) is 13.8. The standard InChI is InChI=1S/C16H18N2O3/c1-11-8-15(13-4-2-3-5-14(13)17-11)18-6-7-21-12(10-18)9-16(19)20/h2-5,8,12H,6-7,9-10H2,1H3,(H,19,20). The average molecular weight is 286 g/mol. The summed E-state index contributed by atoms with van der Waals surface area (Å²) < 4.78 is 5.54. The number of para-hydroxylation sites is 1. The lowest BCUT2D eigenvalue weighted by Crippen LogP contribution is -2.43. The van der Waals surface area contributed by atoms with E-state index in [9.17, 15) is 4.79 Å². The van der Waals surface area contributed by atoms with Gasteiger partial charge in [-0.3, -0.25) is 9.78 Å². The van der Waals surface area contributed by atoms with Crippen LogP contribution in [0.2, 0.25) is 0 Å². The number of anilines is 1. The summed E-state index contributed by atoms with van der Waals surface area (Å²) in [6, 6.07) is 10.1. The Hall–Kier alpha value is -2.14. The fourth-order valence-electron chi connectivity index (χ4n) is 2.80. The predicted octanol–water partition coefficient (Wildman–Crippen LogP) is 2.22. The molecule has 1 N–H and O–H groups in total. The fourth-order valence-corrected chi connectivity index (χ4v) is 2.80. The molecular weight excluding hydrogens is 268 g/mol. The number of hydrogen-bond acceptors (Lipinski definition) is 4. The number of aliphatic carboxylic acids is 1. The van der Waals surface area contributed by atoms with E-state index in [2.05, 4.69) is 22.0 Å². The van der Waals surface area contributed by atoms with Gasteiger partial charge >= 0.3 is 5.97 Å². The summed E-state index contributed by atoms with van der Waals surface area (Å²) in [6.45, 7) is 3.89. The summed E-state index contributed by atoms with van der Waals surface area (Å²) in [5.74, 6) is -0.822. The number of fused-ring (bicyclic) bond motifs is 1. The minimum Gasteiger partial charge on any atom is -0.481 e. The number of aromatic nitrogens is 1. The molecule has 1 saturated heterocycles. The van der Waals surface area contributed by atoms with E-state index < -0.39 is 5.97 Å². The summed E-state index contributed by atoms with van der Waals surface area (Å²) >= 11 is 0. The van der Waals surface area contributed by atoms with Crippen LogP contribution < -0.4 is 4.90 Å². The van der Waals surface area contributed by atoms with Crippen molar-refractivity contribution < 1.29 is 14.6 Å². The van der Waals surface area contributed by atoms with E-state index in [1.165, 1.54) is 0 Å². The normalized spacial score (nSPS) is 18.9. The largest absolute Gasteiger partial charge is 0.481 e. The van der Waals surface area contributed by atoms with Crippen LogP contribution in [0.1, 0.15) is 12.1 Å². The molecule has 5 nitrogen and oxygen atoms in total. The molecule has 1 aliphatic heterocycles. The summed E-state index contributed by atoms with van der Waals surface area (Å²) in [4.78, 5) is 17.6. The van der Waals surface area contributed by atoms with Crippen LogP contribution in [0.3, 0.4) is 0 Å². The molecule has 3 rings (SSSR count). The number of carboxylic acids is 1. The third-order valence-corrected chi connectivity index (χ3v) is 3.70. The Balaban J connectivity index is 1.94. The van der Waals surface area contributed by atoms with E-state index in [1.807, 2.05) is 25.1 Å². The molecule has 21 heavy (non-hydrogen) atoms. The fraction of sp³-hybridized carbons (Fsp3) is 0.375. The van der Waals surface area contributed by atoms with Gasteiger partial charge in [0.25, 0.3) is 0 Å². The van der Waals surface area contributed by atoms with Crippen LogP contribution in [-0.2, 0) is 9.53 Å². The van der Waals surface area contributed by atoms with Crippen molar-refractivity contribution in [2.75, 3.05) is 24.6 Å². The minimum absolute atomic E-state index is 0.0402. The highest BCUT2D eigenvalue weighted by Crippen LogP contribution is 2.28. The second kappa shape index (κ2) is 5.69. The topological polar surface area (TPSA) is 62.7 Å². The molecular formula is C16H18N2O3. The lowest BCUT2D eigenvalue weighted by Gasteiger charge is -2.34. The van der Waals surface area contributed by atoms with Crippen molar-refractivity contribution in [1.82, 2.24) is 4.98 Å². The molecule has 2 aromatic rings. The smallest absolute Gasteiger partial charge is 0.306 e. The molecule has 0 aliphatic carbocycles. The molecule has 0 saturated carbocycles. The van der Waals surface area contributed by atoms with Gasteiger partial charge in [0.2, 0.25) is 0 Å². The highest BCUT2D eigenvalue weighted by molar-refractivity contribution is 5.92. The summed E-state index contributed by atoms with van der Waals surface area (Å²) in [6.07, 6.45) is -0.220. The van der Waals surface area contributed by atoms with Gasteiger partial charge in [0, 0.05) is 29.9 Å². The van der Waals surface area contributed by atoms with Crippen molar-refractivity contribution >= 4 is 22.6 Å². The Morgan fingerprint density at radius 1 is 1.48 bits per heavy atom. The van der Waals surface area contributed by atoms with Crippen molar-refractivity contribution in [2.24, 2.45) is 0 Å². The maximum atomic E-state index is 10.9. The highest BCUT2D eigenvalue weighted by atomic mass is 16.5. The monoisotopic (exact) mass is 286 g/mol. The van der Waals surface area contributed by atoms with Crippen molar-refractivity contribution in [3.8, 4) is 0 Å². The number of nitrogens with zero attached hydrogens (tertiary/aromatic N) is 2. The maximum absolute atomic E-state index is 10.9. The minimum atomic E-state index is -0.822. The van der Waals surface area contributed by atoms with Crippen molar-refractivity contribution in [3.05, 3.63) is 36.0 Å². The third kappa shape index (κ3) is 2.97. The van der Waals surface area contributed by atoms with Crippen molar-refractivity contribution in [2.45, 2.75) is 19.4 Å². The zero-order valence-electron chi connectivity index (χ0n) is 12.0. The van der Waals surface area contributed by atoms with Crippen molar-refractivity contribution in [1.29, 1.82) is 0 Å².